The molecule has 0 amide bonds. The number of aromatic hydroxyl groups is 2. The highest BCUT2D eigenvalue weighted by atomic mass is 35.5. The van der Waals surface area contributed by atoms with E-state index >= 15 is 0 Å². The normalized spacial score (nSPS) is 12.0. The molecular weight excluding hydrogens is 304 g/mol. The van der Waals surface area contributed by atoms with Gasteiger partial charge in [-0.25, -0.2) is 0 Å². The van der Waals surface area contributed by atoms with E-state index < -0.39 is 6.10 Å². The summed E-state index contributed by atoms with van der Waals surface area (Å²) < 4.78 is 5.82. The van der Waals surface area contributed by atoms with Gasteiger partial charge in [0.15, 0.2) is 0 Å². The molecule has 0 fully saturated rings. The summed E-state index contributed by atoms with van der Waals surface area (Å²) in [5.41, 5.74) is 2.17. The molecule has 0 saturated heterocycles. The van der Waals surface area contributed by atoms with Crippen LogP contribution in [0.2, 0.25) is 5.02 Å². The zero-order valence-electron chi connectivity index (χ0n) is 12.3. The molecule has 0 heterocycles. The Morgan fingerprint density at radius 3 is 2.59 bits per heavy atom. The van der Waals surface area contributed by atoms with Crippen molar-refractivity contribution in [3.63, 3.8) is 0 Å². The predicted molar refractivity (Wildman–Crippen MR) is 84.7 cm³/mol. The SMILES string of the molecule is Cc1ccc(C(CC=O)Oc2cc(O)cc(O)c2C)c(Cl)c1. The minimum absolute atomic E-state index is 0.0742. The van der Waals surface area contributed by atoms with E-state index in [1.807, 2.05) is 19.1 Å². The third-order valence-electron chi connectivity index (χ3n) is 3.40. The summed E-state index contributed by atoms with van der Waals surface area (Å²) in [6.07, 6.45) is 0.266. The molecule has 0 aromatic heterocycles. The van der Waals surface area contributed by atoms with Gasteiger partial charge in [0.05, 0.1) is 0 Å². The number of carbonyl (C=O) groups is 1. The molecule has 0 aliphatic carbocycles. The van der Waals surface area contributed by atoms with E-state index in [1.165, 1.54) is 12.1 Å². The molecule has 0 bridgehead atoms. The molecule has 22 heavy (non-hydrogen) atoms. The van der Waals surface area contributed by atoms with E-state index in [1.54, 1.807) is 13.0 Å². The van der Waals surface area contributed by atoms with E-state index in [2.05, 4.69) is 0 Å². The van der Waals surface area contributed by atoms with E-state index in [0.29, 0.717) is 21.9 Å². The average Bonchev–Trinajstić information content (AvgIpc) is 2.44. The van der Waals surface area contributed by atoms with Crippen LogP contribution in [0.3, 0.4) is 0 Å². The quantitative estimate of drug-likeness (QED) is 0.815. The molecule has 0 aliphatic heterocycles. The van der Waals surface area contributed by atoms with Crippen LogP contribution in [-0.4, -0.2) is 16.5 Å². The Balaban J connectivity index is 2.39. The third-order valence-corrected chi connectivity index (χ3v) is 3.73. The number of rotatable bonds is 5. The lowest BCUT2D eigenvalue weighted by Crippen LogP contribution is -2.10. The maximum Gasteiger partial charge on any atom is 0.132 e. The van der Waals surface area contributed by atoms with Crippen molar-refractivity contribution < 1.29 is 19.7 Å². The van der Waals surface area contributed by atoms with Gasteiger partial charge >= 0.3 is 0 Å². The smallest absolute Gasteiger partial charge is 0.132 e. The van der Waals surface area contributed by atoms with Gasteiger partial charge < -0.3 is 19.7 Å². The number of carbonyl (C=O) groups excluding carboxylic acids is 1. The summed E-state index contributed by atoms with van der Waals surface area (Å²) >= 11 is 6.23. The summed E-state index contributed by atoms with van der Waals surface area (Å²) in [4.78, 5) is 11.0. The standard InChI is InChI=1S/C17H17ClO4/c1-10-3-4-13(14(18)7-10)16(5-6-19)22-17-9-12(20)8-15(21)11(17)2/h3-4,6-9,16,20-21H,5H2,1-2H3. The molecule has 2 aromatic rings. The molecule has 1 atom stereocenters. The first-order valence-corrected chi connectivity index (χ1v) is 7.19. The van der Waals surface area contributed by atoms with E-state index in [-0.39, 0.29) is 17.9 Å². The zero-order valence-corrected chi connectivity index (χ0v) is 13.1. The zero-order chi connectivity index (χ0) is 16.3. The molecular formula is C17H17ClO4. The van der Waals surface area contributed by atoms with Crippen molar-refractivity contribution in [2.45, 2.75) is 26.4 Å². The summed E-state index contributed by atoms with van der Waals surface area (Å²) in [6.45, 7) is 3.58. The Morgan fingerprint density at radius 1 is 1.23 bits per heavy atom. The maximum absolute atomic E-state index is 11.0. The first-order valence-electron chi connectivity index (χ1n) is 6.81. The minimum atomic E-state index is -0.592. The van der Waals surface area contributed by atoms with Crippen LogP contribution in [0.15, 0.2) is 30.3 Å². The van der Waals surface area contributed by atoms with E-state index in [9.17, 15) is 15.0 Å². The Kier molecular flexibility index (Phi) is 4.93. The highest BCUT2D eigenvalue weighted by Gasteiger charge is 2.19. The molecule has 5 heteroatoms. The van der Waals surface area contributed by atoms with E-state index in [4.69, 9.17) is 16.3 Å². The van der Waals surface area contributed by atoms with Gasteiger partial charge in [0.1, 0.15) is 29.6 Å². The number of aldehydes is 1. The van der Waals surface area contributed by atoms with Gasteiger partial charge in [-0.2, -0.15) is 0 Å². The maximum atomic E-state index is 11.0. The number of benzene rings is 2. The fourth-order valence-corrected chi connectivity index (χ4v) is 2.51. The third kappa shape index (κ3) is 3.52. The van der Waals surface area contributed by atoms with Gasteiger partial charge in [-0.15, -0.1) is 0 Å². The molecule has 4 nitrogen and oxygen atoms in total. The largest absolute Gasteiger partial charge is 0.508 e. The fraction of sp³-hybridized carbons (Fsp3) is 0.235. The van der Waals surface area contributed by atoms with Crippen molar-refractivity contribution in [1.29, 1.82) is 0 Å². The number of phenols is 2. The second-order valence-corrected chi connectivity index (χ2v) is 5.53. The van der Waals surface area contributed by atoms with Crippen LogP contribution >= 0.6 is 11.6 Å². The first-order chi connectivity index (χ1) is 10.4. The van der Waals surface area contributed by atoms with Crippen LogP contribution in [0, 0.1) is 13.8 Å². The van der Waals surface area contributed by atoms with Gasteiger partial charge in [0.25, 0.3) is 0 Å². The van der Waals surface area contributed by atoms with Crippen LogP contribution < -0.4 is 4.74 Å². The summed E-state index contributed by atoms with van der Waals surface area (Å²) in [6, 6.07) is 8.12. The molecule has 2 rings (SSSR count). The fourth-order valence-electron chi connectivity index (χ4n) is 2.15. The summed E-state index contributed by atoms with van der Waals surface area (Å²) in [5, 5.41) is 19.8. The number of halogens is 1. The lowest BCUT2D eigenvalue weighted by molar-refractivity contribution is -0.109. The number of phenolic OH excluding ortho intramolecular Hbond substituents is 2. The molecule has 116 valence electrons. The Labute approximate surface area is 133 Å². The minimum Gasteiger partial charge on any atom is -0.508 e. The van der Waals surface area contributed by atoms with Gasteiger partial charge in [-0.3, -0.25) is 0 Å². The lowest BCUT2D eigenvalue weighted by atomic mass is 10.0. The van der Waals surface area contributed by atoms with Crippen molar-refractivity contribution in [3.8, 4) is 17.2 Å². The first kappa shape index (κ1) is 16.2. The van der Waals surface area contributed by atoms with Crippen molar-refractivity contribution in [2.24, 2.45) is 0 Å². The average molecular weight is 321 g/mol. The topological polar surface area (TPSA) is 66.8 Å². The van der Waals surface area contributed by atoms with Gasteiger partial charge in [-0.05, 0) is 25.5 Å². The van der Waals surface area contributed by atoms with Gasteiger partial charge in [0.2, 0.25) is 0 Å². The Hall–Kier alpha value is -2.20. The highest BCUT2D eigenvalue weighted by molar-refractivity contribution is 6.31. The number of ether oxygens (including phenoxy) is 1. The van der Waals surface area contributed by atoms with Gasteiger partial charge in [-0.1, -0.05) is 23.7 Å². The van der Waals surface area contributed by atoms with Crippen molar-refractivity contribution in [3.05, 3.63) is 52.0 Å². The molecule has 2 aromatic carbocycles. The van der Waals surface area contributed by atoms with Crippen LogP contribution in [0.5, 0.6) is 17.2 Å². The molecule has 0 spiro atoms. The van der Waals surface area contributed by atoms with Crippen LogP contribution in [0.1, 0.15) is 29.2 Å². The van der Waals surface area contributed by atoms with Crippen LogP contribution in [0.4, 0.5) is 0 Å². The molecule has 0 saturated carbocycles. The monoisotopic (exact) mass is 320 g/mol. The lowest BCUT2D eigenvalue weighted by Gasteiger charge is -2.20. The van der Waals surface area contributed by atoms with E-state index in [0.717, 1.165) is 11.8 Å². The Morgan fingerprint density at radius 2 is 1.95 bits per heavy atom. The molecule has 0 aliphatic rings. The Bertz CT molecular complexity index is 697. The molecule has 1 unspecified atom stereocenters. The second-order valence-electron chi connectivity index (χ2n) is 5.12. The number of hydrogen-bond acceptors (Lipinski definition) is 4. The number of hydrogen-bond donors (Lipinski definition) is 2. The van der Waals surface area contributed by atoms with Crippen LogP contribution in [0.25, 0.3) is 0 Å². The van der Waals surface area contributed by atoms with Crippen molar-refractivity contribution >= 4 is 17.9 Å². The predicted octanol–water partition coefficient (Wildman–Crippen LogP) is 4.08. The summed E-state index contributed by atoms with van der Waals surface area (Å²) in [7, 11) is 0. The van der Waals surface area contributed by atoms with Crippen molar-refractivity contribution in [2.75, 3.05) is 0 Å². The number of aryl methyl sites for hydroxylation is 1. The van der Waals surface area contributed by atoms with Crippen LogP contribution in [-0.2, 0) is 4.79 Å². The highest BCUT2D eigenvalue weighted by Crippen LogP contribution is 2.36. The second kappa shape index (κ2) is 6.71. The van der Waals surface area contributed by atoms with Gasteiger partial charge in [0, 0.05) is 34.7 Å². The molecule has 2 N–H and O–H groups in total. The molecule has 0 radical (unpaired) electrons. The summed E-state index contributed by atoms with van der Waals surface area (Å²) in [5.74, 6) is 0.119. The van der Waals surface area contributed by atoms with Crippen molar-refractivity contribution in [1.82, 2.24) is 0 Å².